The second-order valence-electron chi connectivity index (χ2n) is 4.90. The van der Waals surface area contributed by atoms with Gasteiger partial charge in [0.05, 0.1) is 4.75 Å². The Morgan fingerprint density at radius 1 is 1.47 bits per heavy atom. The van der Waals surface area contributed by atoms with Gasteiger partial charge >= 0.3 is 0 Å². The average molecular weight is 270 g/mol. The first-order valence-electron chi connectivity index (χ1n) is 5.91. The molecule has 1 aromatic rings. The van der Waals surface area contributed by atoms with Crippen LogP contribution >= 0.6 is 23.4 Å². The Morgan fingerprint density at radius 3 is 2.88 bits per heavy atom. The second-order valence-corrected chi connectivity index (χ2v) is 6.56. The molecular formula is C13H16ClNOS. The number of thioether (sulfide) groups is 1. The first kappa shape index (κ1) is 11.7. The van der Waals surface area contributed by atoms with Crippen molar-refractivity contribution in [1.29, 1.82) is 0 Å². The van der Waals surface area contributed by atoms with Gasteiger partial charge in [0, 0.05) is 23.0 Å². The maximum atomic E-state index is 6.24. The maximum absolute atomic E-state index is 6.24. The monoisotopic (exact) mass is 269 g/mol. The maximum Gasteiger partial charge on any atom is 0.124 e. The predicted octanol–water partition coefficient (Wildman–Crippen LogP) is 3.39. The molecule has 0 amide bonds. The summed E-state index contributed by atoms with van der Waals surface area (Å²) in [7, 11) is 0. The van der Waals surface area contributed by atoms with E-state index in [1.165, 1.54) is 12.8 Å². The van der Waals surface area contributed by atoms with E-state index in [1.807, 2.05) is 30.0 Å². The third-order valence-corrected chi connectivity index (χ3v) is 5.56. The van der Waals surface area contributed by atoms with Gasteiger partial charge < -0.3 is 10.5 Å². The van der Waals surface area contributed by atoms with Crippen molar-refractivity contribution in [1.82, 2.24) is 0 Å². The van der Waals surface area contributed by atoms with Crippen molar-refractivity contribution >= 4 is 23.4 Å². The van der Waals surface area contributed by atoms with Crippen LogP contribution in [0.3, 0.4) is 0 Å². The van der Waals surface area contributed by atoms with Crippen LogP contribution in [0.15, 0.2) is 18.2 Å². The molecule has 1 saturated carbocycles. The van der Waals surface area contributed by atoms with E-state index >= 15 is 0 Å². The molecule has 0 saturated heterocycles. The molecule has 0 aromatic heterocycles. The Labute approximate surface area is 111 Å². The summed E-state index contributed by atoms with van der Waals surface area (Å²) in [6.45, 7) is 0. The van der Waals surface area contributed by atoms with Gasteiger partial charge in [-0.2, -0.15) is 11.8 Å². The molecule has 1 aromatic carbocycles. The average Bonchev–Trinajstić information content (AvgIpc) is 3.11. The van der Waals surface area contributed by atoms with Gasteiger partial charge in [-0.1, -0.05) is 11.6 Å². The largest absolute Gasteiger partial charge is 0.489 e. The Bertz CT molecular complexity index is 447. The Hall–Kier alpha value is -0.380. The predicted molar refractivity (Wildman–Crippen MR) is 72.9 cm³/mol. The number of benzene rings is 1. The third kappa shape index (κ3) is 1.94. The first-order valence-corrected chi connectivity index (χ1v) is 7.52. The molecule has 1 heterocycles. The van der Waals surface area contributed by atoms with Gasteiger partial charge in [0.2, 0.25) is 0 Å². The lowest BCUT2D eigenvalue weighted by Crippen LogP contribution is -2.38. The number of ether oxygens (including phenoxy) is 1. The lowest BCUT2D eigenvalue weighted by atomic mass is 9.95. The molecule has 92 valence electrons. The van der Waals surface area contributed by atoms with E-state index in [4.69, 9.17) is 22.1 Å². The molecular weight excluding hydrogens is 254 g/mol. The first-order chi connectivity index (χ1) is 8.14. The molecule has 1 aliphatic carbocycles. The van der Waals surface area contributed by atoms with Crippen LogP contribution in [0.2, 0.25) is 5.02 Å². The molecule has 2 unspecified atom stereocenters. The van der Waals surface area contributed by atoms with Crippen LogP contribution in [0.4, 0.5) is 0 Å². The third-order valence-electron chi connectivity index (χ3n) is 3.84. The van der Waals surface area contributed by atoms with E-state index in [0.717, 1.165) is 22.8 Å². The van der Waals surface area contributed by atoms with Gasteiger partial charge in [-0.25, -0.2) is 0 Å². The van der Waals surface area contributed by atoms with Crippen molar-refractivity contribution in [3.8, 4) is 5.75 Å². The van der Waals surface area contributed by atoms with Crippen molar-refractivity contribution in [2.75, 3.05) is 6.26 Å². The molecule has 1 aliphatic heterocycles. The number of halogens is 1. The van der Waals surface area contributed by atoms with Gasteiger partial charge in [-0.3, -0.25) is 0 Å². The molecule has 2 atom stereocenters. The summed E-state index contributed by atoms with van der Waals surface area (Å²) in [6.07, 6.45) is 5.80. The molecule has 4 heteroatoms. The highest BCUT2D eigenvalue weighted by molar-refractivity contribution is 8.00. The standard InChI is InChI=1S/C13H16ClNOS/c1-17-13(4-5-13)12-7-10(15)9-6-8(14)2-3-11(9)16-12/h2-3,6,10,12H,4-5,7,15H2,1H3. The lowest BCUT2D eigenvalue weighted by molar-refractivity contribution is 0.150. The van der Waals surface area contributed by atoms with E-state index < -0.39 is 0 Å². The zero-order valence-corrected chi connectivity index (χ0v) is 11.4. The second kappa shape index (κ2) is 4.08. The smallest absolute Gasteiger partial charge is 0.124 e. The van der Waals surface area contributed by atoms with Gasteiger partial charge in [0.25, 0.3) is 0 Å². The fourth-order valence-electron chi connectivity index (χ4n) is 2.58. The molecule has 0 bridgehead atoms. The van der Waals surface area contributed by atoms with E-state index in [2.05, 4.69) is 6.26 Å². The van der Waals surface area contributed by atoms with Crippen LogP contribution in [0, 0.1) is 0 Å². The van der Waals surface area contributed by atoms with Gasteiger partial charge in [-0.15, -0.1) is 0 Å². The van der Waals surface area contributed by atoms with Crippen LogP contribution in [0.5, 0.6) is 5.75 Å². The summed E-state index contributed by atoms with van der Waals surface area (Å²) >= 11 is 7.91. The van der Waals surface area contributed by atoms with Crippen LogP contribution in [-0.4, -0.2) is 17.1 Å². The highest BCUT2D eigenvalue weighted by atomic mass is 35.5. The zero-order chi connectivity index (χ0) is 12.0. The van der Waals surface area contributed by atoms with Crippen LogP contribution < -0.4 is 10.5 Å². The molecule has 0 radical (unpaired) electrons. The summed E-state index contributed by atoms with van der Waals surface area (Å²) in [6, 6.07) is 5.79. The normalized spacial score (nSPS) is 29.4. The van der Waals surface area contributed by atoms with Crippen LogP contribution in [-0.2, 0) is 0 Å². The van der Waals surface area contributed by atoms with Crippen molar-refractivity contribution < 1.29 is 4.74 Å². The van der Waals surface area contributed by atoms with E-state index in [9.17, 15) is 0 Å². The van der Waals surface area contributed by atoms with Gasteiger partial charge in [0.1, 0.15) is 11.9 Å². The molecule has 2 N–H and O–H groups in total. The number of hydrogen-bond donors (Lipinski definition) is 1. The molecule has 1 fully saturated rings. The zero-order valence-electron chi connectivity index (χ0n) is 9.78. The SMILES string of the molecule is CSC1(C2CC(N)c3cc(Cl)ccc3O2)CC1. The van der Waals surface area contributed by atoms with Crippen LogP contribution in [0.1, 0.15) is 30.9 Å². The fourth-order valence-corrected chi connectivity index (χ4v) is 3.68. The Kier molecular flexibility index (Phi) is 2.80. The van der Waals surface area contributed by atoms with Gasteiger partial charge in [-0.05, 0) is 37.3 Å². The quantitative estimate of drug-likeness (QED) is 0.894. The molecule has 2 nitrogen and oxygen atoms in total. The van der Waals surface area contributed by atoms with Crippen molar-refractivity contribution in [2.45, 2.75) is 36.2 Å². The highest BCUT2D eigenvalue weighted by Gasteiger charge is 2.52. The topological polar surface area (TPSA) is 35.2 Å². The summed E-state index contributed by atoms with van der Waals surface area (Å²) in [5, 5.41) is 0.729. The molecule has 17 heavy (non-hydrogen) atoms. The lowest BCUT2D eigenvalue weighted by Gasteiger charge is -2.34. The Balaban J connectivity index is 1.91. The molecule has 3 rings (SSSR count). The van der Waals surface area contributed by atoms with Crippen molar-refractivity contribution in [2.24, 2.45) is 5.73 Å². The minimum absolute atomic E-state index is 0.0482. The fraction of sp³-hybridized carbons (Fsp3) is 0.538. The summed E-state index contributed by atoms with van der Waals surface area (Å²) in [5.41, 5.74) is 7.28. The van der Waals surface area contributed by atoms with Crippen molar-refractivity contribution in [3.63, 3.8) is 0 Å². The molecule has 0 spiro atoms. The highest BCUT2D eigenvalue weighted by Crippen LogP contribution is 2.54. The summed E-state index contributed by atoms with van der Waals surface area (Å²) < 4.78 is 6.43. The van der Waals surface area contributed by atoms with E-state index in [-0.39, 0.29) is 12.1 Å². The minimum Gasteiger partial charge on any atom is -0.489 e. The number of hydrogen-bond acceptors (Lipinski definition) is 3. The van der Waals surface area contributed by atoms with Crippen molar-refractivity contribution in [3.05, 3.63) is 28.8 Å². The van der Waals surface area contributed by atoms with E-state index in [0.29, 0.717) is 4.75 Å². The van der Waals surface area contributed by atoms with Gasteiger partial charge in [0.15, 0.2) is 0 Å². The number of fused-ring (bicyclic) bond motifs is 1. The number of rotatable bonds is 2. The summed E-state index contributed by atoms with van der Waals surface area (Å²) in [5.74, 6) is 0.915. The minimum atomic E-state index is 0.0482. The summed E-state index contributed by atoms with van der Waals surface area (Å²) in [4.78, 5) is 0. The van der Waals surface area contributed by atoms with Crippen LogP contribution in [0.25, 0.3) is 0 Å². The molecule has 2 aliphatic rings. The Morgan fingerprint density at radius 2 is 2.24 bits per heavy atom. The van der Waals surface area contributed by atoms with E-state index in [1.54, 1.807) is 0 Å². The number of nitrogens with two attached hydrogens (primary N) is 1.